The summed E-state index contributed by atoms with van der Waals surface area (Å²) >= 11 is 7.03. The van der Waals surface area contributed by atoms with Gasteiger partial charge < -0.3 is 9.64 Å². The van der Waals surface area contributed by atoms with E-state index < -0.39 is 0 Å². The quantitative estimate of drug-likeness (QED) is 0.687. The second kappa shape index (κ2) is 3.46. The first-order valence-corrected chi connectivity index (χ1v) is 6.31. The van der Waals surface area contributed by atoms with E-state index in [0.29, 0.717) is 13.2 Å². The molecule has 1 aliphatic carbocycles. The molecule has 2 rings (SSSR count). The van der Waals surface area contributed by atoms with Crippen molar-refractivity contribution in [3.05, 3.63) is 0 Å². The highest BCUT2D eigenvalue weighted by Crippen LogP contribution is 2.66. The van der Waals surface area contributed by atoms with Crippen molar-refractivity contribution in [2.24, 2.45) is 5.41 Å². The first-order valence-electron chi connectivity index (χ1n) is 4.72. The Morgan fingerprint density at radius 3 is 2.29 bits per heavy atom. The van der Waals surface area contributed by atoms with Crippen LogP contribution in [-0.4, -0.2) is 40.3 Å². The molecule has 1 aliphatic heterocycles. The van der Waals surface area contributed by atoms with E-state index in [2.05, 4.69) is 31.9 Å². The van der Waals surface area contributed by atoms with E-state index in [4.69, 9.17) is 4.74 Å². The number of morpholine rings is 1. The Morgan fingerprint density at radius 1 is 1.36 bits per heavy atom. The Balaban J connectivity index is 2.02. The molecule has 1 saturated heterocycles. The fourth-order valence-corrected chi connectivity index (χ4v) is 3.21. The normalized spacial score (nSPS) is 35.5. The van der Waals surface area contributed by atoms with E-state index in [9.17, 15) is 4.79 Å². The topological polar surface area (TPSA) is 29.5 Å². The van der Waals surface area contributed by atoms with Crippen LogP contribution in [0.3, 0.4) is 0 Å². The van der Waals surface area contributed by atoms with Crippen LogP contribution >= 0.6 is 31.9 Å². The summed E-state index contributed by atoms with van der Waals surface area (Å²) in [7, 11) is 0. The van der Waals surface area contributed by atoms with Gasteiger partial charge in [0.05, 0.1) is 21.9 Å². The van der Waals surface area contributed by atoms with Crippen molar-refractivity contribution in [1.29, 1.82) is 0 Å². The molecule has 0 unspecified atom stereocenters. The highest BCUT2D eigenvalue weighted by atomic mass is 79.9. The largest absolute Gasteiger partial charge is 0.378 e. The number of hydrogen-bond acceptors (Lipinski definition) is 2. The third-order valence-corrected chi connectivity index (χ3v) is 5.34. The van der Waals surface area contributed by atoms with E-state index in [-0.39, 0.29) is 14.6 Å². The zero-order valence-electron chi connectivity index (χ0n) is 8.06. The minimum absolute atomic E-state index is 0.178. The number of halogens is 2. The lowest BCUT2D eigenvalue weighted by molar-refractivity contribution is -0.140. The maximum absolute atomic E-state index is 12.1. The zero-order chi connectivity index (χ0) is 10.4. The van der Waals surface area contributed by atoms with Gasteiger partial charge >= 0.3 is 0 Å². The summed E-state index contributed by atoms with van der Waals surface area (Å²) in [6.07, 6.45) is 0.857. The van der Waals surface area contributed by atoms with Gasteiger partial charge in [-0.2, -0.15) is 0 Å². The Bertz CT molecular complexity index is 264. The third-order valence-electron chi connectivity index (χ3n) is 3.03. The second-order valence-electron chi connectivity index (χ2n) is 4.12. The fourth-order valence-electron chi connectivity index (χ4n) is 1.75. The van der Waals surface area contributed by atoms with Gasteiger partial charge in [-0.25, -0.2) is 0 Å². The van der Waals surface area contributed by atoms with E-state index in [1.54, 1.807) is 0 Å². The number of rotatable bonds is 1. The van der Waals surface area contributed by atoms with Crippen LogP contribution in [0.2, 0.25) is 0 Å². The number of alkyl halides is 2. The van der Waals surface area contributed by atoms with Crippen LogP contribution in [-0.2, 0) is 9.53 Å². The summed E-state index contributed by atoms with van der Waals surface area (Å²) in [6, 6.07) is 0. The molecule has 0 radical (unpaired) electrons. The van der Waals surface area contributed by atoms with Crippen molar-refractivity contribution >= 4 is 37.8 Å². The summed E-state index contributed by atoms with van der Waals surface area (Å²) in [5.74, 6) is 0.231. The van der Waals surface area contributed by atoms with Crippen molar-refractivity contribution in [1.82, 2.24) is 4.90 Å². The smallest absolute Gasteiger partial charge is 0.231 e. The van der Waals surface area contributed by atoms with Crippen molar-refractivity contribution < 1.29 is 9.53 Å². The molecule has 1 saturated carbocycles. The molecule has 1 atom stereocenters. The molecule has 0 aromatic carbocycles. The van der Waals surface area contributed by atoms with Crippen LogP contribution in [0.25, 0.3) is 0 Å². The average Bonchev–Trinajstić information content (AvgIpc) is 2.68. The van der Waals surface area contributed by atoms with Crippen LogP contribution in [0.5, 0.6) is 0 Å². The van der Waals surface area contributed by atoms with E-state index in [1.165, 1.54) is 0 Å². The van der Waals surface area contributed by atoms with Gasteiger partial charge in [-0.15, -0.1) is 0 Å². The van der Waals surface area contributed by atoms with Crippen molar-refractivity contribution in [3.63, 3.8) is 0 Å². The first kappa shape index (κ1) is 10.9. The molecule has 2 aliphatic rings. The molecular weight excluding hydrogens is 314 g/mol. The highest BCUT2D eigenvalue weighted by molar-refractivity contribution is 9.25. The van der Waals surface area contributed by atoms with Gasteiger partial charge in [0, 0.05) is 13.1 Å². The number of ether oxygens (including phenoxy) is 1. The van der Waals surface area contributed by atoms with Gasteiger partial charge in [-0.1, -0.05) is 31.9 Å². The molecule has 2 fully saturated rings. The number of carbonyl (C=O) groups is 1. The summed E-state index contributed by atoms with van der Waals surface area (Å²) < 4.78 is 5.04. The lowest BCUT2D eigenvalue weighted by Gasteiger charge is -2.30. The standard InChI is InChI=1S/C9H13Br2NO2/c1-8(6-9(8,10)11)7(13)12-2-4-14-5-3-12/h2-6H2,1H3/t8-/m0/s1. The van der Waals surface area contributed by atoms with Gasteiger partial charge in [-0.05, 0) is 13.3 Å². The molecule has 0 aromatic rings. The van der Waals surface area contributed by atoms with Gasteiger partial charge in [-0.3, -0.25) is 4.79 Å². The van der Waals surface area contributed by atoms with Crippen molar-refractivity contribution in [2.75, 3.05) is 26.3 Å². The number of nitrogens with zero attached hydrogens (tertiary/aromatic N) is 1. The zero-order valence-corrected chi connectivity index (χ0v) is 11.2. The van der Waals surface area contributed by atoms with Gasteiger partial charge in [0.15, 0.2) is 0 Å². The Kier molecular flexibility index (Phi) is 2.69. The molecular formula is C9H13Br2NO2. The lowest BCUT2D eigenvalue weighted by Crippen LogP contribution is -2.44. The van der Waals surface area contributed by atoms with Gasteiger partial charge in [0.2, 0.25) is 5.91 Å². The predicted octanol–water partition coefficient (Wildman–Crippen LogP) is 1.74. The molecule has 0 N–H and O–H groups in total. The van der Waals surface area contributed by atoms with E-state index in [0.717, 1.165) is 19.5 Å². The van der Waals surface area contributed by atoms with Crippen LogP contribution in [0.15, 0.2) is 0 Å². The highest BCUT2D eigenvalue weighted by Gasteiger charge is 2.67. The number of carbonyl (C=O) groups excluding carboxylic acids is 1. The molecule has 14 heavy (non-hydrogen) atoms. The third kappa shape index (κ3) is 1.63. The first-order chi connectivity index (χ1) is 6.47. The van der Waals surface area contributed by atoms with Crippen LogP contribution in [0.1, 0.15) is 13.3 Å². The van der Waals surface area contributed by atoms with Crippen LogP contribution < -0.4 is 0 Å². The molecule has 0 bridgehead atoms. The minimum Gasteiger partial charge on any atom is -0.378 e. The minimum atomic E-state index is -0.273. The molecule has 0 spiro atoms. The Hall–Kier alpha value is 0.390. The Morgan fingerprint density at radius 2 is 1.86 bits per heavy atom. The number of hydrogen-bond donors (Lipinski definition) is 0. The molecule has 5 heteroatoms. The molecule has 1 heterocycles. The SMILES string of the molecule is C[C@@]1(C(=O)N2CCOCC2)CC1(Br)Br. The van der Waals surface area contributed by atoms with E-state index >= 15 is 0 Å². The van der Waals surface area contributed by atoms with Gasteiger partial charge in [0.1, 0.15) is 0 Å². The average molecular weight is 327 g/mol. The van der Waals surface area contributed by atoms with Gasteiger partial charge in [0.25, 0.3) is 0 Å². The Labute approximate surface area is 100 Å². The van der Waals surface area contributed by atoms with Crippen LogP contribution in [0, 0.1) is 5.41 Å². The monoisotopic (exact) mass is 325 g/mol. The van der Waals surface area contributed by atoms with Crippen molar-refractivity contribution in [2.45, 2.75) is 16.6 Å². The molecule has 3 nitrogen and oxygen atoms in total. The maximum atomic E-state index is 12.1. The lowest BCUT2D eigenvalue weighted by atomic mass is 10.1. The van der Waals surface area contributed by atoms with Crippen molar-refractivity contribution in [3.8, 4) is 0 Å². The maximum Gasteiger partial charge on any atom is 0.231 e. The van der Waals surface area contributed by atoms with E-state index in [1.807, 2.05) is 11.8 Å². The molecule has 1 amide bonds. The number of amides is 1. The molecule has 80 valence electrons. The summed E-state index contributed by atoms with van der Waals surface area (Å²) in [6.45, 7) is 4.78. The summed E-state index contributed by atoms with van der Waals surface area (Å²) in [5.41, 5.74) is -0.273. The summed E-state index contributed by atoms with van der Waals surface area (Å²) in [4.78, 5) is 14.0. The summed E-state index contributed by atoms with van der Waals surface area (Å²) in [5, 5.41) is 0. The fraction of sp³-hybridized carbons (Fsp3) is 0.889. The predicted molar refractivity (Wildman–Crippen MR) is 60.7 cm³/mol. The second-order valence-corrected chi connectivity index (χ2v) is 7.89. The molecule has 0 aromatic heterocycles. The van der Waals surface area contributed by atoms with Crippen LogP contribution in [0.4, 0.5) is 0 Å².